The quantitative estimate of drug-likeness (QED) is 0.475. The number of nitrogens with one attached hydrogen (secondary N) is 2. The summed E-state index contributed by atoms with van der Waals surface area (Å²) in [6.45, 7) is 5.63. The lowest BCUT2D eigenvalue weighted by atomic mass is 10.1. The van der Waals surface area contributed by atoms with Crippen molar-refractivity contribution in [3.05, 3.63) is 35.5 Å². The fraction of sp³-hybridized carbons (Fsp3) is 0.312. The standard InChI is InChI=1S/C16H19N3O4/c1-4-22-15(20)12(9-17)10-18-13-7-6-8-14(11(13)3)19-16(21)23-5-2/h6-8,10,18H,4-5H2,1-3H3,(H,19,21)/b12-10+. The van der Waals surface area contributed by atoms with Crippen molar-refractivity contribution in [1.29, 1.82) is 5.26 Å². The van der Waals surface area contributed by atoms with Crippen molar-refractivity contribution >= 4 is 23.4 Å². The zero-order valence-electron chi connectivity index (χ0n) is 13.3. The molecule has 2 N–H and O–H groups in total. The van der Waals surface area contributed by atoms with Crippen LogP contribution in [0.1, 0.15) is 19.4 Å². The average Bonchev–Trinajstić information content (AvgIpc) is 2.51. The summed E-state index contributed by atoms with van der Waals surface area (Å²) in [5.41, 5.74) is 1.79. The van der Waals surface area contributed by atoms with Crippen LogP contribution in [0.2, 0.25) is 0 Å². The van der Waals surface area contributed by atoms with E-state index in [9.17, 15) is 9.59 Å². The Balaban J connectivity index is 2.91. The summed E-state index contributed by atoms with van der Waals surface area (Å²) in [5.74, 6) is -0.694. The molecule has 0 saturated heterocycles. The molecule has 0 heterocycles. The minimum atomic E-state index is -0.694. The molecular formula is C16H19N3O4. The normalized spacial score (nSPS) is 10.4. The third-order valence-corrected chi connectivity index (χ3v) is 2.83. The van der Waals surface area contributed by atoms with Gasteiger partial charge in [0.15, 0.2) is 5.57 Å². The van der Waals surface area contributed by atoms with Crippen LogP contribution in [0.25, 0.3) is 0 Å². The second-order valence-corrected chi connectivity index (χ2v) is 4.36. The number of ether oxygens (including phenoxy) is 2. The first-order chi connectivity index (χ1) is 11.0. The Morgan fingerprint density at radius 2 is 1.87 bits per heavy atom. The average molecular weight is 317 g/mol. The van der Waals surface area contributed by atoms with Gasteiger partial charge in [-0.25, -0.2) is 9.59 Å². The summed E-state index contributed by atoms with van der Waals surface area (Å²) in [5, 5.41) is 14.5. The van der Waals surface area contributed by atoms with Crippen LogP contribution in [0.5, 0.6) is 0 Å². The number of hydrogen-bond acceptors (Lipinski definition) is 6. The SMILES string of the molecule is CCOC(=O)Nc1cccc(N/C=C(\C#N)C(=O)OCC)c1C. The van der Waals surface area contributed by atoms with E-state index in [0.29, 0.717) is 11.4 Å². The van der Waals surface area contributed by atoms with Crippen LogP contribution in [0.3, 0.4) is 0 Å². The van der Waals surface area contributed by atoms with Crippen LogP contribution in [0.15, 0.2) is 30.0 Å². The Morgan fingerprint density at radius 1 is 1.22 bits per heavy atom. The molecule has 7 nitrogen and oxygen atoms in total. The van der Waals surface area contributed by atoms with E-state index >= 15 is 0 Å². The van der Waals surface area contributed by atoms with E-state index in [0.717, 1.165) is 5.56 Å². The number of carbonyl (C=O) groups excluding carboxylic acids is 2. The first-order valence-corrected chi connectivity index (χ1v) is 7.10. The molecule has 1 amide bonds. The molecule has 122 valence electrons. The van der Waals surface area contributed by atoms with Crippen LogP contribution in [-0.4, -0.2) is 25.3 Å². The molecule has 7 heteroatoms. The number of rotatable bonds is 6. The molecule has 23 heavy (non-hydrogen) atoms. The summed E-state index contributed by atoms with van der Waals surface area (Å²) in [7, 11) is 0. The Labute approximate surface area is 134 Å². The van der Waals surface area contributed by atoms with Gasteiger partial charge in [0.25, 0.3) is 0 Å². The van der Waals surface area contributed by atoms with E-state index in [4.69, 9.17) is 14.7 Å². The molecule has 0 aliphatic carbocycles. The maximum atomic E-state index is 11.5. The van der Waals surface area contributed by atoms with Crippen molar-refractivity contribution in [3.63, 3.8) is 0 Å². The summed E-state index contributed by atoms with van der Waals surface area (Å²) in [4.78, 5) is 23.0. The summed E-state index contributed by atoms with van der Waals surface area (Å²) < 4.78 is 9.60. The Hall–Kier alpha value is -3.01. The first-order valence-electron chi connectivity index (χ1n) is 7.10. The van der Waals surface area contributed by atoms with E-state index in [1.165, 1.54) is 6.20 Å². The van der Waals surface area contributed by atoms with Gasteiger partial charge in [0, 0.05) is 17.6 Å². The van der Waals surface area contributed by atoms with Crippen molar-refractivity contribution in [3.8, 4) is 6.07 Å². The summed E-state index contributed by atoms with van der Waals surface area (Å²) >= 11 is 0. The van der Waals surface area contributed by atoms with Gasteiger partial charge >= 0.3 is 12.1 Å². The van der Waals surface area contributed by atoms with Crippen molar-refractivity contribution in [2.24, 2.45) is 0 Å². The molecule has 0 fully saturated rings. The molecule has 1 aromatic carbocycles. The highest BCUT2D eigenvalue weighted by Crippen LogP contribution is 2.23. The minimum absolute atomic E-state index is 0.144. The minimum Gasteiger partial charge on any atom is -0.462 e. The van der Waals surface area contributed by atoms with Crippen LogP contribution in [0, 0.1) is 18.3 Å². The number of anilines is 2. The van der Waals surface area contributed by atoms with Crippen LogP contribution >= 0.6 is 0 Å². The van der Waals surface area contributed by atoms with Gasteiger partial charge in [-0.05, 0) is 38.5 Å². The zero-order valence-corrected chi connectivity index (χ0v) is 13.3. The van der Waals surface area contributed by atoms with E-state index in [-0.39, 0.29) is 18.8 Å². The number of benzene rings is 1. The van der Waals surface area contributed by atoms with Gasteiger partial charge in [-0.3, -0.25) is 5.32 Å². The highest BCUT2D eigenvalue weighted by Gasteiger charge is 2.11. The number of amides is 1. The first kappa shape index (κ1) is 18.0. The number of carbonyl (C=O) groups is 2. The second-order valence-electron chi connectivity index (χ2n) is 4.36. The molecular weight excluding hydrogens is 298 g/mol. The van der Waals surface area contributed by atoms with E-state index in [2.05, 4.69) is 10.6 Å². The number of nitriles is 1. The molecule has 0 bridgehead atoms. The highest BCUT2D eigenvalue weighted by atomic mass is 16.5. The monoisotopic (exact) mass is 317 g/mol. The molecule has 1 aromatic rings. The van der Waals surface area contributed by atoms with Crippen LogP contribution in [0.4, 0.5) is 16.2 Å². The Morgan fingerprint density at radius 3 is 2.48 bits per heavy atom. The van der Waals surface area contributed by atoms with Gasteiger partial charge in [-0.15, -0.1) is 0 Å². The summed E-state index contributed by atoms with van der Waals surface area (Å²) in [6.07, 6.45) is 0.724. The molecule has 0 aromatic heterocycles. The number of nitrogens with zero attached hydrogens (tertiary/aromatic N) is 1. The van der Waals surface area contributed by atoms with Crippen LogP contribution < -0.4 is 10.6 Å². The number of hydrogen-bond donors (Lipinski definition) is 2. The third-order valence-electron chi connectivity index (χ3n) is 2.83. The Bertz CT molecular complexity index is 647. The Kier molecular flexibility index (Phi) is 7.14. The fourth-order valence-corrected chi connectivity index (χ4v) is 1.70. The van der Waals surface area contributed by atoms with Crippen molar-refractivity contribution in [2.45, 2.75) is 20.8 Å². The maximum Gasteiger partial charge on any atom is 0.411 e. The molecule has 0 saturated carbocycles. The zero-order chi connectivity index (χ0) is 17.2. The predicted molar refractivity (Wildman–Crippen MR) is 85.8 cm³/mol. The molecule has 1 rings (SSSR count). The lowest BCUT2D eigenvalue weighted by Crippen LogP contribution is -2.14. The second kappa shape index (κ2) is 9.10. The van der Waals surface area contributed by atoms with Crippen molar-refractivity contribution in [2.75, 3.05) is 23.8 Å². The fourth-order valence-electron chi connectivity index (χ4n) is 1.70. The van der Waals surface area contributed by atoms with Gasteiger partial charge in [-0.2, -0.15) is 5.26 Å². The topological polar surface area (TPSA) is 100 Å². The van der Waals surface area contributed by atoms with Gasteiger partial charge < -0.3 is 14.8 Å². The van der Waals surface area contributed by atoms with Gasteiger partial charge in [0.2, 0.25) is 0 Å². The maximum absolute atomic E-state index is 11.5. The predicted octanol–water partition coefficient (Wildman–Crippen LogP) is 2.95. The molecule has 0 aliphatic heterocycles. The smallest absolute Gasteiger partial charge is 0.411 e. The van der Waals surface area contributed by atoms with Crippen molar-refractivity contribution in [1.82, 2.24) is 0 Å². The third kappa shape index (κ3) is 5.36. The van der Waals surface area contributed by atoms with Gasteiger partial charge in [0.05, 0.1) is 13.2 Å². The lowest BCUT2D eigenvalue weighted by Gasteiger charge is -2.12. The molecule has 0 spiro atoms. The molecule has 0 aliphatic rings. The lowest BCUT2D eigenvalue weighted by molar-refractivity contribution is -0.138. The molecule has 0 unspecified atom stereocenters. The van der Waals surface area contributed by atoms with Crippen molar-refractivity contribution < 1.29 is 19.1 Å². The van der Waals surface area contributed by atoms with Crippen LogP contribution in [-0.2, 0) is 14.3 Å². The molecule has 0 radical (unpaired) electrons. The van der Waals surface area contributed by atoms with E-state index in [1.807, 2.05) is 0 Å². The summed E-state index contributed by atoms with van der Waals surface area (Å²) in [6, 6.07) is 6.97. The van der Waals surface area contributed by atoms with Gasteiger partial charge in [-0.1, -0.05) is 6.07 Å². The van der Waals surface area contributed by atoms with Gasteiger partial charge in [0.1, 0.15) is 6.07 Å². The van der Waals surface area contributed by atoms with E-state index in [1.54, 1.807) is 45.0 Å². The molecule has 0 atom stereocenters. The van der Waals surface area contributed by atoms with E-state index < -0.39 is 12.1 Å². The highest BCUT2D eigenvalue weighted by molar-refractivity contribution is 5.93. The largest absolute Gasteiger partial charge is 0.462 e. The number of esters is 1.